The smallest absolute Gasteiger partial charge is 0.255 e. The summed E-state index contributed by atoms with van der Waals surface area (Å²) in [5.74, 6) is -0.195. The van der Waals surface area contributed by atoms with Crippen molar-refractivity contribution in [2.45, 2.75) is 31.2 Å². The highest BCUT2D eigenvalue weighted by atomic mass is 16.3. The number of nitrogens with zero attached hydrogens (tertiary/aromatic N) is 3. The summed E-state index contributed by atoms with van der Waals surface area (Å²) >= 11 is 0. The minimum absolute atomic E-state index is 0.0177. The van der Waals surface area contributed by atoms with Gasteiger partial charge in [0.1, 0.15) is 0 Å². The van der Waals surface area contributed by atoms with Gasteiger partial charge in [-0.3, -0.25) is 9.78 Å². The van der Waals surface area contributed by atoms with E-state index in [0.717, 1.165) is 25.7 Å². The fourth-order valence-corrected chi connectivity index (χ4v) is 2.69. The third kappa shape index (κ3) is 2.08. The summed E-state index contributed by atoms with van der Waals surface area (Å²) < 4.78 is 1.61. The van der Waals surface area contributed by atoms with E-state index in [-0.39, 0.29) is 12.5 Å². The molecule has 0 atom stereocenters. The third-order valence-corrected chi connectivity index (χ3v) is 3.81. The summed E-state index contributed by atoms with van der Waals surface area (Å²) in [6.07, 6.45) is 10.2. The van der Waals surface area contributed by atoms with Crippen LogP contribution < -0.4 is 5.32 Å². The summed E-state index contributed by atoms with van der Waals surface area (Å²) in [6, 6.07) is 0. The predicted octanol–water partition coefficient (Wildman–Crippen LogP) is 0.764. The molecule has 6 nitrogen and oxygen atoms in total. The molecule has 0 aliphatic heterocycles. The number of amides is 1. The molecule has 2 aromatic heterocycles. The van der Waals surface area contributed by atoms with Crippen molar-refractivity contribution in [2.75, 3.05) is 6.61 Å². The Morgan fingerprint density at radius 3 is 2.95 bits per heavy atom. The van der Waals surface area contributed by atoms with Crippen LogP contribution in [0.1, 0.15) is 36.0 Å². The molecule has 0 radical (unpaired) electrons. The molecule has 0 bridgehead atoms. The summed E-state index contributed by atoms with van der Waals surface area (Å²) in [7, 11) is 0. The molecule has 0 spiro atoms. The first-order valence-electron chi connectivity index (χ1n) is 6.45. The summed E-state index contributed by atoms with van der Waals surface area (Å²) in [5, 5.41) is 16.6. The molecule has 1 saturated carbocycles. The van der Waals surface area contributed by atoms with Gasteiger partial charge in [-0.25, -0.2) is 4.52 Å². The maximum atomic E-state index is 12.3. The Bertz CT molecular complexity index is 601. The van der Waals surface area contributed by atoms with Crippen LogP contribution in [0.25, 0.3) is 5.52 Å². The lowest BCUT2D eigenvalue weighted by atomic mass is 9.98. The Balaban J connectivity index is 1.88. The number of fused-ring (bicyclic) bond motifs is 1. The molecule has 0 saturated heterocycles. The van der Waals surface area contributed by atoms with E-state index < -0.39 is 5.54 Å². The summed E-state index contributed by atoms with van der Waals surface area (Å²) in [5.41, 5.74) is 0.701. The molecule has 19 heavy (non-hydrogen) atoms. The van der Waals surface area contributed by atoms with Crippen LogP contribution in [-0.2, 0) is 0 Å². The van der Waals surface area contributed by atoms with Crippen molar-refractivity contribution in [1.82, 2.24) is 19.9 Å². The monoisotopic (exact) mass is 260 g/mol. The van der Waals surface area contributed by atoms with Crippen molar-refractivity contribution in [3.8, 4) is 0 Å². The summed E-state index contributed by atoms with van der Waals surface area (Å²) in [6.45, 7) is -0.0177. The third-order valence-electron chi connectivity index (χ3n) is 3.81. The lowest BCUT2D eigenvalue weighted by Gasteiger charge is -2.27. The predicted molar refractivity (Wildman–Crippen MR) is 68.7 cm³/mol. The van der Waals surface area contributed by atoms with E-state index in [1.807, 2.05) is 0 Å². The second kappa shape index (κ2) is 4.62. The fourth-order valence-electron chi connectivity index (χ4n) is 2.69. The number of aliphatic hydroxyl groups excluding tert-OH is 1. The van der Waals surface area contributed by atoms with Crippen molar-refractivity contribution in [3.63, 3.8) is 0 Å². The van der Waals surface area contributed by atoms with E-state index in [0.29, 0.717) is 11.1 Å². The van der Waals surface area contributed by atoms with E-state index in [2.05, 4.69) is 15.4 Å². The van der Waals surface area contributed by atoms with Gasteiger partial charge in [-0.15, -0.1) is 0 Å². The highest BCUT2D eigenvalue weighted by Gasteiger charge is 2.35. The first-order chi connectivity index (χ1) is 9.24. The molecule has 2 aromatic rings. The second-order valence-electron chi connectivity index (χ2n) is 5.06. The molecule has 6 heteroatoms. The normalized spacial score (nSPS) is 17.7. The number of hydrogen-bond donors (Lipinski definition) is 2. The Labute approximate surface area is 110 Å². The highest BCUT2D eigenvalue weighted by molar-refractivity contribution is 6.00. The lowest BCUT2D eigenvalue weighted by Crippen LogP contribution is -2.49. The molecule has 3 rings (SSSR count). The number of rotatable bonds is 3. The van der Waals surface area contributed by atoms with Crippen LogP contribution in [0.5, 0.6) is 0 Å². The van der Waals surface area contributed by atoms with Crippen molar-refractivity contribution in [1.29, 1.82) is 0 Å². The topological polar surface area (TPSA) is 79.5 Å². The standard InChI is InChI=1S/C13H16N4O2/c18-9-13(3-1-2-4-13)16-12(19)10-7-15-17-6-5-14-8-11(10)17/h5-8,18H,1-4,9H2,(H,16,19). The van der Waals surface area contributed by atoms with Crippen LogP contribution in [0.4, 0.5) is 0 Å². The Morgan fingerprint density at radius 1 is 1.42 bits per heavy atom. The molecule has 2 N–H and O–H groups in total. The number of aromatic nitrogens is 3. The molecule has 1 aliphatic carbocycles. The van der Waals surface area contributed by atoms with Gasteiger partial charge < -0.3 is 10.4 Å². The number of carbonyl (C=O) groups excluding carboxylic acids is 1. The number of aliphatic hydroxyl groups is 1. The van der Waals surface area contributed by atoms with Crippen LogP contribution in [0.15, 0.2) is 24.8 Å². The van der Waals surface area contributed by atoms with Crippen molar-refractivity contribution < 1.29 is 9.90 Å². The van der Waals surface area contributed by atoms with Gasteiger partial charge in [-0.05, 0) is 12.8 Å². The van der Waals surface area contributed by atoms with Gasteiger partial charge in [0, 0.05) is 12.4 Å². The lowest BCUT2D eigenvalue weighted by molar-refractivity contribution is 0.0840. The maximum Gasteiger partial charge on any atom is 0.255 e. The molecule has 1 amide bonds. The van der Waals surface area contributed by atoms with Gasteiger partial charge >= 0.3 is 0 Å². The molecule has 2 heterocycles. The molecule has 0 unspecified atom stereocenters. The van der Waals surface area contributed by atoms with Crippen molar-refractivity contribution in [3.05, 3.63) is 30.4 Å². The Morgan fingerprint density at radius 2 is 2.21 bits per heavy atom. The first-order valence-corrected chi connectivity index (χ1v) is 6.45. The van der Waals surface area contributed by atoms with Crippen molar-refractivity contribution >= 4 is 11.4 Å². The zero-order valence-corrected chi connectivity index (χ0v) is 10.5. The second-order valence-corrected chi connectivity index (χ2v) is 5.06. The average Bonchev–Trinajstić information content (AvgIpc) is 3.05. The van der Waals surface area contributed by atoms with Gasteiger partial charge in [0.25, 0.3) is 5.91 Å². The van der Waals surface area contributed by atoms with Gasteiger partial charge in [-0.2, -0.15) is 5.10 Å². The Kier molecular flexibility index (Phi) is 2.94. The zero-order chi connectivity index (χ0) is 13.3. The highest BCUT2D eigenvalue weighted by Crippen LogP contribution is 2.29. The average molecular weight is 260 g/mol. The molecule has 1 aliphatic rings. The van der Waals surface area contributed by atoms with Crippen LogP contribution >= 0.6 is 0 Å². The molecular weight excluding hydrogens is 244 g/mol. The zero-order valence-electron chi connectivity index (χ0n) is 10.5. The molecule has 100 valence electrons. The van der Waals surface area contributed by atoms with Crippen LogP contribution in [0, 0.1) is 0 Å². The summed E-state index contributed by atoms with van der Waals surface area (Å²) in [4.78, 5) is 16.3. The largest absolute Gasteiger partial charge is 0.394 e. The van der Waals surface area contributed by atoms with Crippen LogP contribution in [-0.4, -0.2) is 37.8 Å². The van der Waals surface area contributed by atoms with E-state index in [9.17, 15) is 9.90 Å². The quantitative estimate of drug-likeness (QED) is 0.854. The minimum Gasteiger partial charge on any atom is -0.394 e. The van der Waals surface area contributed by atoms with Gasteiger partial charge in [0.15, 0.2) is 0 Å². The minimum atomic E-state index is -0.465. The van der Waals surface area contributed by atoms with Gasteiger partial charge in [0.2, 0.25) is 0 Å². The molecule has 1 fully saturated rings. The van der Waals surface area contributed by atoms with Crippen molar-refractivity contribution in [2.24, 2.45) is 0 Å². The maximum absolute atomic E-state index is 12.3. The molecular formula is C13H16N4O2. The van der Waals surface area contributed by atoms with E-state index >= 15 is 0 Å². The van der Waals surface area contributed by atoms with Gasteiger partial charge in [-0.1, -0.05) is 12.8 Å². The Hall–Kier alpha value is -1.95. The van der Waals surface area contributed by atoms with E-state index in [4.69, 9.17) is 0 Å². The first kappa shape index (κ1) is 12.1. The van der Waals surface area contributed by atoms with Crippen LogP contribution in [0.2, 0.25) is 0 Å². The molecule has 0 aromatic carbocycles. The van der Waals surface area contributed by atoms with Crippen LogP contribution in [0.3, 0.4) is 0 Å². The number of carbonyl (C=O) groups is 1. The number of nitrogens with one attached hydrogen (secondary N) is 1. The number of hydrogen-bond acceptors (Lipinski definition) is 4. The van der Waals surface area contributed by atoms with E-state index in [1.165, 1.54) is 6.20 Å². The fraction of sp³-hybridized carbons (Fsp3) is 0.462. The van der Waals surface area contributed by atoms with Gasteiger partial charge in [0.05, 0.1) is 35.6 Å². The van der Waals surface area contributed by atoms with E-state index in [1.54, 1.807) is 23.1 Å². The SMILES string of the molecule is O=C(NC1(CO)CCCC1)c1cnn2ccncc12.